The first-order valence-electron chi connectivity index (χ1n) is 16.1. The molecule has 46 heavy (non-hydrogen) atoms. The number of nitrogens with zero attached hydrogens (tertiary/aromatic N) is 2. The molecule has 1 heterocycles. The van der Waals surface area contributed by atoms with Gasteiger partial charge in [-0.05, 0) is 81.7 Å². The third kappa shape index (κ3) is 10.7. The van der Waals surface area contributed by atoms with Gasteiger partial charge in [0.1, 0.15) is 12.2 Å². The van der Waals surface area contributed by atoms with E-state index in [1.165, 1.54) is 0 Å². The molecule has 2 N–H and O–H groups in total. The standard InChI is InChI=1S/C34H46N4O6S.Na/c1-3-25-12-11-14-29(22-25)37(4-2)32(39)24-38-30-15-8-7-13-27(30)23-31(38)34(41)36-28-18-16-26(17-19-28)33(40)35-20-9-5-6-10-21-45(42,43)44;/h7-8,11-15,22-23,26,28H,3-6,9-10,16-21,24H2,1-2H3,(H,35,40)(H,36,41)(H,42,43,44);/q;+1/p-1/t26-,28-;. The van der Waals surface area contributed by atoms with Crippen molar-refractivity contribution in [2.75, 3.05) is 23.7 Å². The van der Waals surface area contributed by atoms with Crippen LogP contribution < -0.4 is 45.1 Å². The Morgan fingerprint density at radius 2 is 1.65 bits per heavy atom. The summed E-state index contributed by atoms with van der Waals surface area (Å²) in [6, 6.07) is 17.4. The number of aryl methyl sites for hydroxylation is 1. The van der Waals surface area contributed by atoms with E-state index in [9.17, 15) is 27.4 Å². The Balaban J connectivity index is 0.00000576. The van der Waals surface area contributed by atoms with Crippen molar-refractivity contribution in [3.8, 4) is 0 Å². The van der Waals surface area contributed by atoms with Gasteiger partial charge in [-0.25, -0.2) is 8.42 Å². The quantitative estimate of drug-likeness (QED) is 0.145. The molecular formula is C34H45N4NaO6S. The number of hydrogen-bond donors (Lipinski definition) is 2. The molecule has 0 bridgehead atoms. The second-order valence-electron chi connectivity index (χ2n) is 11.8. The molecule has 1 aromatic heterocycles. The Bertz CT molecular complexity index is 1580. The van der Waals surface area contributed by atoms with Gasteiger partial charge in [-0.2, -0.15) is 0 Å². The second-order valence-corrected chi connectivity index (χ2v) is 13.3. The zero-order valence-corrected chi connectivity index (χ0v) is 30.1. The van der Waals surface area contributed by atoms with Crippen LogP contribution in [0.5, 0.6) is 0 Å². The number of para-hydroxylation sites is 1. The van der Waals surface area contributed by atoms with Gasteiger partial charge in [0.05, 0.1) is 10.1 Å². The molecule has 0 saturated heterocycles. The number of rotatable bonds is 15. The second kappa shape index (κ2) is 18.0. The maximum Gasteiger partial charge on any atom is 1.00 e. The van der Waals surface area contributed by atoms with Gasteiger partial charge in [-0.1, -0.05) is 50.1 Å². The number of anilines is 1. The monoisotopic (exact) mass is 660 g/mol. The van der Waals surface area contributed by atoms with Gasteiger partial charge >= 0.3 is 29.6 Å². The van der Waals surface area contributed by atoms with Crippen molar-refractivity contribution in [2.24, 2.45) is 5.92 Å². The van der Waals surface area contributed by atoms with Crippen LogP contribution in [0.4, 0.5) is 5.69 Å². The van der Waals surface area contributed by atoms with E-state index in [0.717, 1.165) is 41.4 Å². The SMILES string of the molecule is CCc1cccc(N(CC)C(=O)Cn2c(C(=O)N[C@H]3CC[C@H](C(=O)NCCCCCCS(=O)(=O)[O-])CC3)cc3ccccc32)c1.[Na+]. The first kappa shape index (κ1) is 37.8. The molecule has 0 atom stereocenters. The molecule has 0 spiro atoms. The number of carbonyl (C=O) groups is 3. The van der Waals surface area contributed by atoms with E-state index in [1.54, 1.807) is 9.47 Å². The van der Waals surface area contributed by atoms with Gasteiger partial charge in [-0.15, -0.1) is 0 Å². The van der Waals surface area contributed by atoms with Crippen LogP contribution in [0.2, 0.25) is 0 Å². The summed E-state index contributed by atoms with van der Waals surface area (Å²) in [5.74, 6) is -0.772. The first-order chi connectivity index (χ1) is 21.6. The van der Waals surface area contributed by atoms with Crippen molar-refractivity contribution >= 4 is 44.4 Å². The van der Waals surface area contributed by atoms with Crippen molar-refractivity contribution in [3.63, 3.8) is 0 Å². The molecule has 12 heteroatoms. The van der Waals surface area contributed by atoms with E-state index >= 15 is 0 Å². The van der Waals surface area contributed by atoms with E-state index in [4.69, 9.17) is 0 Å². The third-order valence-corrected chi connectivity index (χ3v) is 9.43. The number of likely N-dealkylation sites (N-methyl/N-ethyl adjacent to an activating group) is 1. The van der Waals surface area contributed by atoms with Crippen LogP contribution in [0.25, 0.3) is 10.9 Å². The molecule has 1 fully saturated rings. The molecular weight excluding hydrogens is 615 g/mol. The summed E-state index contributed by atoms with van der Waals surface area (Å²) in [5, 5.41) is 7.02. The van der Waals surface area contributed by atoms with Crippen molar-refractivity contribution in [2.45, 2.75) is 84.2 Å². The summed E-state index contributed by atoms with van der Waals surface area (Å²) in [5.41, 5.74) is 3.27. The van der Waals surface area contributed by atoms with E-state index in [2.05, 4.69) is 17.6 Å². The minimum absolute atomic E-state index is 0. The molecule has 3 aromatic rings. The fourth-order valence-electron chi connectivity index (χ4n) is 6.11. The summed E-state index contributed by atoms with van der Waals surface area (Å²) in [6.45, 7) is 5.09. The summed E-state index contributed by atoms with van der Waals surface area (Å²) in [4.78, 5) is 41.7. The van der Waals surface area contributed by atoms with Crippen molar-refractivity contribution < 1.29 is 56.9 Å². The minimum Gasteiger partial charge on any atom is -0.748 e. The third-order valence-electron chi connectivity index (χ3n) is 8.64. The maximum atomic E-state index is 13.6. The Labute approximate surface area is 294 Å². The summed E-state index contributed by atoms with van der Waals surface area (Å²) >= 11 is 0. The summed E-state index contributed by atoms with van der Waals surface area (Å²) in [7, 11) is -4.16. The molecule has 0 aliphatic heterocycles. The van der Waals surface area contributed by atoms with E-state index in [-0.39, 0.29) is 71.5 Å². The van der Waals surface area contributed by atoms with Gasteiger partial charge in [0.2, 0.25) is 11.8 Å². The summed E-state index contributed by atoms with van der Waals surface area (Å²) in [6.07, 6.45) is 6.04. The summed E-state index contributed by atoms with van der Waals surface area (Å²) < 4.78 is 33.8. The number of benzene rings is 2. The molecule has 10 nitrogen and oxygen atoms in total. The zero-order chi connectivity index (χ0) is 32.4. The van der Waals surface area contributed by atoms with Crippen LogP contribution in [-0.4, -0.2) is 60.1 Å². The van der Waals surface area contributed by atoms with Gasteiger partial charge in [0.15, 0.2) is 0 Å². The normalized spacial score (nSPS) is 16.4. The average molecular weight is 661 g/mol. The fraction of sp³-hybridized carbons (Fsp3) is 0.500. The maximum absolute atomic E-state index is 13.6. The van der Waals surface area contributed by atoms with Crippen molar-refractivity contribution in [3.05, 3.63) is 65.9 Å². The fourth-order valence-corrected chi connectivity index (χ4v) is 6.67. The number of fused-ring (bicyclic) bond motifs is 1. The Morgan fingerprint density at radius 3 is 2.35 bits per heavy atom. The molecule has 1 saturated carbocycles. The van der Waals surface area contributed by atoms with E-state index in [1.807, 2.05) is 61.5 Å². The molecule has 1 aliphatic rings. The van der Waals surface area contributed by atoms with E-state index < -0.39 is 10.1 Å². The van der Waals surface area contributed by atoms with Gasteiger partial charge in [0.25, 0.3) is 5.91 Å². The predicted octanol–water partition coefficient (Wildman–Crippen LogP) is 1.77. The van der Waals surface area contributed by atoms with Crippen LogP contribution >= 0.6 is 0 Å². The molecule has 2 aromatic carbocycles. The Kier molecular flexibility index (Phi) is 14.8. The van der Waals surface area contributed by atoms with Crippen LogP contribution in [0.3, 0.4) is 0 Å². The van der Waals surface area contributed by atoms with Crippen molar-refractivity contribution in [1.29, 1.82) is 0 Å². The molecule has 3 amide bonds. The smallest absolute Gasteiger partial charge is 0.748 e. The van der Waals surface area contributed by atoms with Gasteiger partial charge in [-0.3, -0.25) is 14.4 Å². The largest absolute Gasteiger partial charge is 1.00 e. The van der Waals surface area contributed by atoms with Gasteiger partial charge < -0.3 is 24.7 Å². The van der Waals surface area contributed by atoms with Gasteiger partial charge in [0, 0.05) is 47.4 Å². The number of nitrogens with one attached hydrogen (secondary N) is 2. The first-order valence-corrected chi connectivity index (χ1v) is 17.7. The minimum atomic E-state index is -4.16. The number of aromatic nitrogens is 1. The Hall–Kier alpha value is -2.70. The number of amides is 3. The topological polar surface area (TPSA) is 141 Å². The zero-order valence-electron chi connectivity index (χ0n) is 27.3. The average Bonchev–Trinajstić information content (AvgIpc) is 3.39. The molecule has 4 rings (SSSR count). The van der Waals surface area contributed by atoms with Crippen LogP contribution in [0, 0.1) is 5.92 Å². The molecule has 244 valence electrons. The number of carbonyl (C=O) groups excluding carboxylic acids is 3. The van der Waals surface area contributed by atoms with Crippen LogP contribution in [-0.2, 0) is 32.7 Å². The van der Waals surface area contributed by atoms with Crippen molar-refractivity contribution in [1.82, 2.24) is 15.2 Å². The van der Waals surface area contributed by atoms with Crippen LogP contribution in [0.15, 0.2) is 54.6 Å². The number of hydrogen-bond acceptors (Lipinski definition) is 6. The Morgan fingerprint density at radius 1 is 0.935 bits per heavy atom. The number of unbranched alkanes of at least 4 members (excludes halogenated alkanes) is 3. The predicted molar refractivity (Wildman–Crippen MR) is 175 cm³/mol. The molecule has 0 radical (unpaired) electrons. The molecule has 0 unspecified atom stereocenters. The van der Waals surface area contributed by atoms with E-state index in [0.29, 0.717) is 57.3 Å². The molecule has 1 aliphatic carbocycles. The van der Waals surface area contributed by atoms with Crippen LogP contribution in [0.1, 0.15) is 81.3 Å².